The number of ether oxygens (including phenoxy) is 2. The standard InChI is InChI=1S/C19H27ClN2O3/c1-14-11-22(12-15(2)25-14)17-7-9-21(10-8-17)19(23)13-24-18-5-3-16(20)4-6-18/h3-6,14-15,17H,7-13H2,1-2H3/t14-,15+. The van der Waals surface area contributed by atoms with E-state index in [1.165, 1.54) is 0 Å². The molecule has 0 radical (unpaired) electrons. The Labute approximate surface area is 154 Å². The van der Waals surface area contributed by atoms with E-state index in [1.54, 1.807) is 24.3 Å². The molecule has 2 atom stereocenters. The van der Waals surface area contributed by atoms with Gasteiger partial charge in [-0.15, -0.1) is 0 Å². The lowest BCUT2D eigenvalue weighted by atomic mass is 10.0. The quantitative estimate of drug-likeness (QED) is 0.821. The van der Waals surface area contributed by atoms with Crippen LogP contribution < -0.4 is 4.74 Å². The Morgan fingerprint density at radius 3 is 2.36 bits per heavy atom. The number of carbonyl (C=O) groups excluding carboxylic acids is 1. The molecule has 138 valence electrons. The number of amides is 1. The van der Waals surface area contributed by atoms with Crippen LogP contribution in [0, 0.1) is 0 Å². The van der Waals surface area contributed by atoms with Crippen molar-refractivity contribution in [3.63, 3.8) is 0 Å². The number of hydrogen-bond donors (Lipinski definition) is 0. The highest BCUT2D eigenvalue weighted by Gasteiger charge is 2.31. The van der Waals surface area contributed by atoms with Gasteiger partial charge in [0.1, 0.15) is 5.75 Å². The van der Waals surface area contributed by atoms with Gasteiger partial charge >= 0.3 is 0 Å². The normalized spacial score (nSPS) is 25.8. The van der Waals surface area contributed by atoms with Gasteiger partial charge in [-0.25, -0.2) is 0 Å². The number of nitrogens with zero attached hydrogens (tertiary/aromatic N) is 2. The Balaban J connectivity index is 1.43. The summed E-state index contributed by atoms with van der Waals surface area (Å²) in [6.45, 7) is 7.93. The van der Waals surface area contributed by atoms with Crippen molar-refractivity contribution in [2.45, 2.75) is 44.9 Å². The van der Waals surface area contributed by atoms with Crippen molar-refractivity contribution in [1.29, 1.82) is 0 Å². The molecule has 2 aliphatic rings. The van der Waals surface area contributed by atoms with E-state index in [2.05, 4.69) is 18.7 Å². The highest BCUT2D eigenvalue weighted by molar-refractivity contribution is 6.30. The van der Waals surface area contributed by atoms with Gasteiger partial charge in [0.2, 0.25) is 0 Å². The second-order valence-electron chi connectivity index (χ2n) is 7.07. The zero-order valence-corrected chi connectivity index (χ0v) is 15.7. The maximum atomic E-state index is 12.4. The summed E-state index contributed by atoms with van der Waals surface area (Å²) in [5.74, 6) is 0.723. The van der Waals surface area contributed by atoms with Gasteiger partial charge in [-0.05, 0) is 51.0 Å². The van der Waals surface area contributed by atoms with Crippen molar-refractivity contribution in [3.8, 4) is 5.75 Å². The summed E-state index contributed by atoms with van der Waals surface area (Å²) < 4.78 is 11.4. The monoisotopic (exact) mass is 366 g/mol. The number of morpholine rings is 1. The van der Waals surface area contributed by atoms with Crippen molar-refractivity contribution in [2.75, 3.05) is 32.8 Å². The molecule has 0 bridgehead atoms. The number of halogens is 1. The summed E-state index contributed by atoms with van der Waals surface area (Å²) in [5, 5.41) is 0.660. The van der Waals surface area contributed by atoms with Crippen LogP contribution in [0.15, 0.2) is 24.3 Å². The first-order valence-electron chi connectivity index (χ1n) is 9.07. The molecule has 2 saturated heterocycles. The van der Waals surface area contributed by atoms with Gasteiger partial charge in [0.25, 0.3) is 5.91 Å². The van der Waals surface area contributed by atoms with Crippen LogP contribution >= 0.6 is 11.6 Å². The fourth-order valence-corrected chi connectivity index (χ4v) is 3.89. The molecule has 1 aromatic rings. The van der Waals surface area contributed by atoms with Gasteiger partial charge in [-0.2, -0.15) is 0 Å². The molecule has 6 heteroatoms. The molecular weight excluding hydrogens is 340 g/mol. The third-order valence-electron chi connectivity index (χ3n) is 4.96. The Kier molecular flexibility index (Phi) is 6.20. The molecule has 25 heavy (non-hydrogen) atoms. The van der Waals surface area contributed by atoms with Crippen molar-refractivity contribution in [3.05, 3.63) is 29.3 Å². The molecular formula is C19H27ClN2O3. The van der Waals surface area contributed by atoms with E-state index in [0.717, 1.165) is 39.0 Å². The highest BCUT2D eigenvalue weighted by atomic mass is 35.5. The van der Waals surface area contributed by atoms with E-state index < -0.39 is 0 Å². The summed E-state index contributed by atoms with van der Waals surface area (Å²) in [5.41, 5.74) is 0. The molecule has 0 spiro atoms. The van der Waals surface area contributed by atoms with E-state index in [4.69, 9.17) is 21.1 Å². The van der Waals surface area contributed by atoms with Crippen LogP contribution in [0.2, 0.25) is 5.02 Å². The van der Waals surface area contributed by atoms with Crippen LogP contribution in [0.4, 0.5) is 0 Å². The van der Waals surface area contributed by atoms with Gasteiger partial charge < -0.3 is 14.4 Å². The first kappa shape index (κ1) is 18.5. The fourth-order valence-electron chi connectivity index (χ4n) is 3.76. The Morgan fingerprint density at radius 1 is 1.16 bits per heavy atom. The van der Waals surface area contributed by atoms with Crippen LogP contribution in [0.5, 0.6) is 5.75 Å². The van der Waals surface area contributed by atoms with Crippen LogP contribution in [0.25, 0.3) is 0 Å². The lowest BCUT2D eigenvalue weighted by molar-refractivity contribution is -0.136. The minimum atomic E-state index is 0.0529. The number of carbonyl (C=O) groups is 1. The van der Waals surface area contributed by atoms with Gasteiger partial charge in [-0.1, -0.05) is 11.6 Å². The van der Waals surface area contributed by atoms with Gasteiger partial charge in [0.15, 0.2) is 6.61 Å². The molecule has 2 aliphatic heterocycles. The molecule has 5 nitrogen and oxygen atoms in total. The Bertz CT molecular complexity index is 563. The van der Waals surface area contributed by atoms with Crippen molar-refractivity contribution in [1.82, 2.24) is 9.80 Å². The van der Waals surface area contributed by atoms with Crippen LogP contribution in [0.3, 0.4) is 0 Å². The van der Waals surface area contributed by atoms with Crippen LogP contribution in [-0.4, -0.2) is 66.7 Å². The minimum Gasteiger partial charge on any atom is -0.484 e. The van der Waals surface area contributed by atoms with E-state index in [1.807, 2.05) is 4.90 Å². The lowest BCUT2D eigenvalue weighted by Gasteiger charge is -2.43. The van der Waals surface area contributed by atoms with Crippen molar-refractivity contribution >= 4 is 17.5 Å². The van der Waals surface area contributed by atoms with Crippen LogP contribution in [-0.2, 0) is 9.53 Å². The molecule has 0 aliphatic carbocycles. The highest BCUT2D eigenvalue weighted by Crippen LogP contribution is 2.22. The third kappa shape index (κ3) is 5.09. The topological polar surface area (TPSA) is 42.0 Å². The first-order valence-corrected chi connectivity index (χ1v) is 9.44. The summed E-state index contributed by atoms with van der Waals surface area (Å²) in [6.07, 6.45) is 2.62. The molecule has 0 saturated carbocycles. The van der Waals surface area contributed by atoms with E-state index in [9.17, 15) is 4.79 Å². The summed E-state index contributed by atoms with van der Waals surface area (Å²) in [4.78, 5) is 16.8. The Hall–Kier alpha value is -1.30. The first-order chi connectivity index (χ1) is 12.0. The maximum Gasteiger partial charge on any atom is 0.260 e. The fraction of sp³-hybridized carbons (Fsp3) is 0.632. The molecule has 0 aromatic heterocycles. The van der Waals surface area contributed by atoms with Gasteiger partial charge in [0.05, 0.1) is 12.2 Å². The number of benzene rings is 1. The average molecular weight is 367 g/mol. The van der Waals surface area contributed by atoms with Crippen molar-refractivity contribution < 1.29 is 14.3 Å². The molecule has 2 fully saturated rings. The average Bonchev–Trinajstić information content (AvgIpc) is 2.60. The largest absolute Gasteiger partial charge is 0.484 e. The summed E-state index contributed by atoms with van der Waals surface area (Å²) in [7, 11) is 0. The van der Waals surface area contributed by atoms with E-state index >= 15 is 0 Å². The third-order valence-corrected chi connectivity index (χ3v) is 5.21. The predicted octanol–water partition coefficient (Wildman–Crippen LogP) is 2.82. The number of piperidine rings is 1. The van der Waals surface area contributed by atoms with Gasteiger partial charge in [0, 0.05) is 37.2 Å². The smallest absolute Gasteiger partial charge is 0.260 e. The molecule has 0 unspecified atom stereocenters. The summed E-state index contributed by atoms with van der Waals surface area (Å²) >= 11 is 5.85. The predicted molar refractivity (Wildman–Crippen MR) is 98.1 cm³/mol. The zero-order valence-electron chi connectivity index (χ0n) is 15.0. The van der Waals surface area contributed by atoms with Crippen LogP contribution in [0.1, 0.15) is 26.7 Å². The van der Waals surface area contributed by atoms with Gasteiger partial charge in [-0.3, -0.25) is 9.69 Å². The molecule has 1 amide bonds. The molecule has 3 rings (SSSR count). The summed E-state index contributed by atoms with van der Waals surface area (Å²) in [6, 6.07) is 7.63. The molecule has 2 heterocycles. The second kappa shape index (κ2) is 8.39. The zero-order chi connectivity index (χ0) is 17.8. The lowest BCUT2D eigenvalue weighted by Crippen LogP contribution is -2.54. The number of likely N-dealkylation sites (tertiary alicyclic amines) is 1. The SMILES string of the molecule is C[C@@H]1CN(C2CCN(C(=O)COc3ccc(Cl)cc3)CC2)C[C@H](C)O1. The number of hydrogen-bond acceptors (Lipinski definition) is 4. The van der Waals surface area contributed by atoms with E-state index in [0.29, 0.717) is 16.8 Å². The molecule has 1 aromatic carbocycles. The van der Waals surface area contributed by atoms with Crippen molar-refractivity contribution in [2.24, 2.45) is 0 Å². The van der Waals surface area contributed by atoms with E-state index in [-0.39, 0.29) is 24.7 Å². The molecule has 0 N–H and O–H groups in total. The Morgan fingerprint density at radius 2 is 1.76 bits per heavy atom. The minimum absolute atomic E-state index is 0.0529. The maximum absolute atomic E-state index is 12.4. The number of rotatable bonds is 4. The second-order valence-corrected chi connectivity index (χ2v) is 7.50.